The van der Waals surface area contributed by atoms with Crippen molar-refractivity contribution in [2.45, 2.75) is 18.9 Å². The Hall–Kier alpha value is -1.88. The maximum atomic E-state index is 13.8. The monoisotopic (exact) mass is 348 g/mol. The van der Waals surface area contributed by atoms with Gasteiger partial charge in [0.1, 0.15) is 11.9 Å². The average molecular weight is 349 g/mol. The molecule has 3 nitrogen and oxygen atoms in total. The minimum Gasteiger partial charge on any atom is -0.371 e. The summed E-state index contributed by atoms with van der Waals surface area (Å²) in [6.07, 6.45) is 1.39. The number of halogens is 2. The lowest BCUT2D eigenvalue weighted by molar-refractivity contribution is -0.116. The second-order valence-electron chi connectivity index (χ2n) is 5.01. The van der Waals surface area contributed by atoms with E-state index in [0.717, 1.165) is 22.1 Å². The normalized spacial score (nSPS) is 17.6. The van der Waals surface area contributed by atoms with Crippen molar-refractivity contribution >= 4 is 33.2 Å². The zero-order valence-corrected chi connectivity index (χ0v) is 12.8. The lowest BCUT2D eigenvalue weighted by atomic mass is 10.1. The minimum absolute atomic E-state index is 0.140. The van der Waals surface area contributed by atoms with Gasteiger partial charge in [-0.3, -0.25) is 4.79 Å². The summed E-state index contributed by atoms with van der Waals surface area (Å²) in [5, 5.41) is 5.89. The first-order valence-electron chi connectivity index (χ1n) is 6.74. The van der Waals surface area contributed by atoms with Crippen LogP contribution in [0.2, 0.25) is 0 Å². The van der Waals surface area contributed by atoms with E-state index in [1.54, 1.807) is 12.1 Å². The summed E-state index contributed by atoms with van der Waals surface area (Å²) in [7, 11) is 0. The molecule has 108 valence electrons. The minimum atomic E-state index is -0.457. The third-order valence-electron chi connectivity index (χ3n) is 3.55. The van der Waals surface area contributed by atoms with Crippen LogP contribution in [0.3, 0.4) is 0 Å². The second-order valence-corrected chi connectivity index (χ2v) is 5.92. The van der Waals surface area contributed by atoms with Crippen molar-refractivity contribution < 1.29 is 9.18 Å². The maximum Gasteiger partial charge on any atom is 0.246 e. The molecule has 0 aliphatic carbocycles. The molecule has 21 heavy (non-hydrogen) atoms. The average Bonchev–Trinajstić information content (AvgIpc) is 2.62. The predicted molar refractivity (Wildman–Crippen MR) is 84.9 cm³/mol. The number of nitrogens with one attached hydrogen (secondary N) is 2. The Labute approximate surface area is 130 Å². The number of rotatable bonds is 2. The van der Waals surface area contributed by atoms with Crippen LogP contribution in [0.5, 0.6) is 0 Å². The third-order valence-corrected chi connectivity index (χ3v) is 4.05. The smallest absolute Gasteiger partial charge is 0.246 e. The summed E-state index contributed by atoms with van der Waals surface area (Å²) < 4.78 is 14.6. The number of hydrogen-bond acceptors (Lipinski definition) is 2. The zero-order valence-electron chi connectivity index (χ0n) is 11.2. The standard InChI is InChI=1S/C16H14BrFN2O/c17-11-6-7-12(18)15(9-11)19-14-8-5-10-3-1-2-4-13(10)20-16(14)21/h1-4,6-7,9,14,19H,5,8H2,(H,20,21). The van der Waals surface area contributed by atoms with Crippen LogP contribution >= 0.6 is 15.9 Å². The van der Waals surface area contributed by atoms with Gasteiger partial charge in [-0.2, -0.15) is 0 Å². The Bertz CT molecular complexity index is 690. The van der Waals surface area contributed by atoms with Crippen LogP contribution in [0, 0.1) is 5.82 Å². The van der Waals surface area contributed by atoms with Gasteiger partial charge in [0.05, 0.1) is 5.69 Å². The van der Waals surface area contributed by atoms with E-state index in [2.05, 4.69) is 26.6 Å². The number of para-hydroxylation sites is 1. The number of hydrogen-bond donors (Lipinski definition) is 2. The number of aryl methyl sites for hydroxylation is 1. The molecule has 0 bridgehead atoms. The molecule has 1 aliphatic rings. The van der Waals surface area contributed by atoms with Crippen LogP contribution in [0.4, 0.5) is 15.8 Å². The highest BCUT2D eigenvalue weighted by Gasteiger charge is 2.24. The van der Waals surface area contributed by atoms with Crippen LogP contribution < -0.4 is 10.6 Å². The van der Waals surface area contributed by atoms with Gasteiger partial charge in [0.25, 0.3) is 0 Å². The summed E-state index contributed by atoms with van der Waals surface area (Å²) >= 11 is 3.31. The first-order valence-corrected chi connectivity index (χ1v) is 7.53. The van der Waals surface area contributed by atoms with E-state index in [0.29, 0.717) is 12.1 Å². The molecule has 1 atom stereocenters. The van der Waals surface area contributed by atoms with E-state index in [-0.39, 0.29) is 11.7 Å². The molecule has 2 aromatic rings. The molecule has 0 aromatic heterocycles. The largest absolute Gasteiger partial charge is 0.371 e. The molecule has 2 aromatic carbocycles. The number of benzene rings is 2. The SMILES string of the molecule is O=C1Nc2ccccc2CCC1Nc1cc(Br)ccc1F. The highest BCUT2D eigenvalue weighted by molar-refractivity contribution is 9.10. The Morgan fingerprint density at radius 1 is 1.24 bits per heavy atom. The van der Waals surface area contributed by atoms with Crippen LogP contribution in [-0.2, 0) is 11.2 Å². The number of anilines is 2. The highest BCUT2D eigenvalue weighted by atomic mass is 79.9. The van der Waals surface area contributed by atoms with Gasteiger partial charge in [-0.15, -0.1) is 0 Å². The van der Waals surface area contributed by atoms with Gasteiger partial charge in [-0.25, -0.2) is 4.39 Å². The molecule has 5 heteroatoms. The van der Waals surface area contributed by atoms with Gasteiger partial charge < -0.3 is 10.6 Å². The van der Waals surface area contributed by atoms with E-state index >= 15 is 0 Å². The van der Waals surface area contributed by atoms with Gasteiger partial charge in [0.15, 0.2) is 0 Å². The van der Waals surface area contributed by atoms with Gasteiger partial charge in [0, 0.05) is 10.2 Å². The highest BCUT2D eigenvalue weighted by Crippen LogP contribution is 2.25. The molecule has 2 N–H and O–H groups in total. The van der Waals surface area contributed by atoms with Crippen molar-refractivity contribution in [3.63, 3.8) is 0 Å². The molecule has 3 rings (SSSR count). The molecule has 0 fully saturated rings. The number of amides is 1. The zero-order chi connectivity index (χ0) is 14.8. The molecule has 0 radical (unpaired) electrons. The summed E-state index contributed by atoms with van der Waals surface area (Å²) in [5.74, 6) is -0.507. The van der Waals surface area contributed by atoms with E-state index < -0.39 is 6.04 Å². The fourth-order valence-corrected chi connectivity index (χ4v) is 2.81. The van der Waals surface area contributed by atoms with E-state index in [1.165, 1.54) is 6.07 Å². The molecule has 1 heterocycles. The first-order chi connectivity index (χ1) is 10.1. The molecule has 1 aliphatic heterocycles. The number of carbonyl (C=O) groups is 1. The lowest BCUT2D eigenvalue weighted by Gasteiger charge is -2.17. The summed E-state index contributed by atoms with van der Waals surface area (Å²) in [6.45, 7) is 0. The van der Waals surface area contributed by atoms with Crippen molar-refractivity contribution in [1.29, 1.82) is 0 Å². The second kappa shape index (κ2) is 5.85. The molecule has 0 saturated heterocycles. The van der Waals surface area contributed by atoms with Crippen LogP contribution in [0.25, 0.3) is 0 Å². The van der Waals surface area contributed by atoms with Gasteiger partial charge >= 0.3 is 0 Å². The van der Waals surface area contributed by atoms with Gasteiger partial charge in [-0.05, 0) is 42.7 Å². The van der Waals surface area contributed by atoms with Crippen molar-refractivity contribution in [3.8, 4) is 0 Å². The Morgan fingerprint density at radius 2 is 2.05 bits per heavy atom. The molecule has 1 amide bonds. The fourth-order valence-electron chi connectivity index (χ4n) is 2.44. The van der Waals surface area contributed by atoms with Crippen molar-refractivity contribution in [3.05, 3.63) is 58.3 Å². The lowest BCUT2D eigenvalue weighted by Crippen LogP contribution is -2.33. The van der Waals surface area contributed by atoms with Gasteiger partial charge in [0.2, 0.25) is 5.91 Å². The number of carbonyl (C=O) groups excluding carboxylic acids is 1. The van der Waals surface area contributed by atoms with E-state index in [1.807, 2.05) is 24.3 Å². The first kappa shape index (κ1) is 14.1. The predicted octanol–water partition coefficient (Wildman–Crippen LogP) is 3.95. The van der Waals surface area contributed by atoms with E-state index in [9.17, 15) is 9.18 Å². The molecular weight excluding hydrogens is 335 g/mol. The quantitative estimate of drug-likeness (QED) is 0.862. The van der Waals surface area contributed by atoms with Crippen LogP contribution in [-0.4, -0.2) is 11.9 Å². The summed E-state index contributed by atoms with van der Waals surface area (Å²) in [5.41, 5.74) is 2.27. The maximum absolute atomic E-state index is 13.8. The Kier molecular flexibility index (Phi) is 3.92. The van der Waals surface area contributed by atoms with Crippen molar-refractivity contribution in [2.75, 3.05) is 10.6 Å². The molecular formula is C16H14BrFN2O. The molecule has 1 unspecified atom stereocenters. The van der Waals surface area contributed by atoms with Gasteiger partial charge in [-0.1, -0.05) is 34.1 Å². The van der Waals surface area contributed by atoms with Crippen molar-refractivity contribution in [1.82, 2.24) is 0 Å². The van der Waals surface area contributed by atoms with Crippen LogP contribution in [0.1, 0.15) is 12.0 Å². The molecule has 0 saturated carbocycles. The van der Waals surface area contributed by atoms with Crippen molar-refractivity contribution in [2.24, 2.45) is 0 Å². The van der Waals surface area contributed by atoms with E-state index in [4.69, 9.17) is 0 Å². The Morgan fingerprint density at radius 3 is 2.90 bits per heavy atom. The van der Waals surface area contributed by atoms with Crippen LogP contribution in [0.15, 0.2) is 46.9 Å². The topological polar surface area (TPSA) is 41.1 Å². The summed E-state index contributed by atoms with van der Waals surface area (Å²) in [4.78, 5) is 12.3. The number of fused-ring (bicyclic) bond motifs is 1. The molecule has 0 spiro atoms. The third kappa shape index (κ3) is 3.08. The summed E-state index contributed by atoms with van der Waals surface area (Å²) in [6, 6.07) is 11.9. The fraction of sp³-hybridized carbons (Fsp3) is 0.188. The Balaban J connectivity index is 1.81.